The van der Waals surface area contributed by atoms with Crippen molar-refractivity contribution in [3.63, 3.8) is 0 Å². The third-order valence-corrected chi connectivity index (χ3v) is 4.86. The maximum atomic E-state index is 12.3. The van der Waals surface area contributed by atoms with Crippen molar-refractivity contribution in [3.05, 3.63) is 29.3 Å². The van der Waals surface area contributed by atoms with Crippen molar-refractivity contribution in [2.45, 2.75) is 24.5 Å². The number of hydrogen-bond acceptors (Lipinski definition) is 5. The molecule has 20 heavy (non-hydrogen) atoms. The number of ether oxygens (including phenoxy) is 2. The van der Waals surface area contributed by atoms with Gasteiger partial charge in [-0.05, 0) is 24.1 Å². The van der Waals surface area contributed by atoms with Crippen molar-refractivity contribution in [1.82, 2.24) is 4.72 Å². The molecular weight excluding hydrogens is 280 g/mol. The van der Waals surface area contributed by atoms with Crippen molar-refractivity contribution in [2.24, 2.45) is 5.73 Å². The van der Waals surface area contributed by atoms with Crippen LogP contribution in [-0.4, -0.2) is 40.9 Å². The Morgan fingerprint density at radius 1 is 1.40 bits per heavy atom. The van der Waals surface area contributed by atoms with Crippen molar-refractivity contribution in [1.29, 1.82) is 0 Å². The summed E-state index contributed by atoms with van der Waals surface area (Å²) in [5, 5.41) is 0. The summed E-state index contributed by atoms with van der Waals surface area (Å²) in [7, 11) is -3.56. The SMILES string of the molecule is Cc1c(CN)cccc1S(=O)(=O)NCC1COCCO1. The largest absolute Gasteiger partial charge is 0.376 e. The van der Waals surface area contributed by atoms with Crippen LogP contribution in [0.1, 0.15) is 11.1 Å². The molecule has 1 aromatic rings. The van der Waals surface area contributed by atoms with Gasteiger partial charge in [-0.1, -0.05) is 12.1 Å². The Hall–Kier alpha value is -0.990. The lowest BCUT2D eigenvalue weighted by Gasteiger charge is -2.23. The fraction of sp³-hybridized carbons (Fsp3) is 0.538. The molecule has 0 spiro atoms. The van der Waals surface area contributed by atoms with E-state index in [1.54, 1.807) is 19.1 Å². The number of sulfonamides is 1. The molecule has 0 radical (unpaired) electrons. The van der Waals surface area contributed by atoms with Gasteiger partial charge in [-0.3, -0.25) is 0 Å². The third kappa shape index (κ3) is 3.56. The van der Waals surface area contributed by atoms with Gasteiger partial charge in [0.1, 0.15) is 0 Å². The normalized spacial score (nSPS) is 20.0. The first-order chi connectivity index (χ1) is 9.54. The number of hydrogen-bond donors (Lipinski definition) is 2. The van der Waals surface area contributed by atoms with E-state index < -0.39 is 10.0 Å². The number of nitrogens with two attached hydrogens (primary N) is 1. The summed E-state index contributed by atoms with van der Waals surface area (Å²) in [6, 6.07) is 5.10. The molecule has 1 aromatic carbocycles. The van der Waals surface area contributed by atoms with Crippen LogP contribution in [0.25, 0.3) is 0 Å². The quantitative estimate of drug-likeness (QED) is 0.807. The summed E-state index contributed by atoms with van der Waals surface area (Å²) < 4.78 is 37.8. The molecule has 0 amide bonds. The smallest absolute Gasteiger partial charge is 0.240 e. The Morgan fingerprint density at radius 2 is 2.20 bits per heavy atom. The highest BCUT2D eigenvalue weighted by atomic mass is 32.2. The number of benzene rings is 1. The highest BCUT2D eigenvalue weighted by Crippen LogP contribution is 2.18. The minimum absolute atomic E-state index is 0.203. The van der Waals surface area contributed by atoms with E-state index in [0.717, 1.165) is 5.56 Å². The molecule has 1 heterocycles. The van der Waals surface area contributed by atoms with Crippen LogP contribution in [0.2, 0.25) is 0 Å². The molecule has 6 nitrogen and oxygen atoms in total. The second-order valence-corrected chi connectivity index (χ2v) is 6.40. The molecule has 1 unspecified atom stereocenters. The monoisotopic (exact) mass is 300 g/mol. The van der Waals surface area contributed by atoms with Gasteiger partial charge in [-0.25, -0.2) is 13.1 Å². The molecule has 0 saturated carbocycles. The van der Waals surface area contributed by atoms with Gasteiger partial charge in [-0.15, -0.1) is 0 Å². The summed E-state index contributed by atoms with van der Waals surface area (Å²) in [6.45, 7) is 3.74. The van der Waals surface area contributed by atoms with E-state index in [1.807, 2.05) is 6.07 Å². The molecule has 0 aliphatic carbocycles. The van der Waals surface area contributed by atoms with Crippen LogP contribution in [0.4, 0.5) is 0 Å². The zero-order chi connectivity index (χ0) is 14.6. The van der Waals surface area contributed by atoms with Crippen LogP contribution in [0.15, 0.2) is 23.1 Å². The van der Waals surface area contributed by atoms with E-state index >= 15 is 0 Å². The first-order valence-electron chi connectivity index (χ1n) is 6.52. The van der Waals surface area contributed by atoms with Crippen molar-refractivity contribution in [3.8, 4) is 0 Å². The first kappa shape index (κ1) is 15.4. The van der Waals surface area contributed by atoms with E-state index in [4.69, 9.17) is 15.2 Å². The fourth-order valence-corrected chi connectivity index (χ4v) is 3.46. The molecule has 0 aromatic heterocycles. The van der Waals surface area contributed by atoms with Gasteiger partial charge < -0.3 is 15.2 Å². The van der Waals surface area contributed by atoms with Gasteiger partial charge in [0.2, 0.25) is 10.0 Å². The minimum Gasteiger partial charge on any atom is -0.376 e. The minimum atomic E-state index is -3.56. The molecule has 7 heteroatoms. The Bertz CT molecular complexity index is 553. The van der Waals surface area contributed by atoms with Crippen molar-refractivity contribution >= 4 is 10.0 Å². The standard InChI is InChI=1S/C13H20N2O4S/c1-10-11(7-14)3-2-4-13(10)20(16,17)15-8-12-9-18-5-6-19-12/h2-4,12,15H,5-9,14H2,1H3. The molecule has 1 aliphatic heterocycles. The lowest BCUT2D eigenvalue weighted by atomic mass is 10.1. The van der Waals surface area contributed by atoms with Crippen molar-refractivity contribution < 1.29 is 17.9 Å². The molecule has 1 aliphatic rings. The topological polar surface area (TPSA) is 90.7 Å². The molecule has 1 saturated heterocycles. The Kier molecular flexibility index (Phi) is 5.11. The van der Waals surface area contributed by atoms with Gasteiger partial charge in [0, 0.05) is 13.1 Å². The molecule has 0 bridgehead atoms. The Labute approximate surface area is 119 Å². The molecule has 1 atom stereocenters. The first-order valence-corrected chi connectivity index (χ1v) is 8.00. The molecule has 112 valence electrons. The van der Waals surface area contributed by atoms with Crippen LogP contribution in [0, 0.1) is 6.92 Å². The maximum absolute atomic E-state index is 12.3. The predicted molar refractivity (Wildman–Crippen MR) is 74.8 cm³/mol. The average Bonchev–Trinajstić information content (AvgIpc) is 2.46. The highest BCUT2D eigenvalue weighted by Gasteiger charge is 2.21. The van der Waals surface area contributed by atoms with E-state index in [-0.39, 0.29) is 17.5 Å². The van der Waals surface area contributed by atoms with Gasteiger partial charge in [0.05, 0.1) is 30.8 Å². The fourth-order valence-electron chi connectivity index (χ4n) is 2.11. The van der Waals surface area contributed by atoms with E-state index in [2.05, 4.69) is 4.72 Å². The van der Waals surface area contributed by atoms with Gasteiger partial charge >= 0.3 is 0 Å². The lowest BCUT2D eigenvalue weighted by molar-refractivity contribution is -0.0846. The second kappa shape index (κ2) is 6.64. The van der Waals surface area contributed by atoms with Crippen molar-refractivity contribution in [2.75, 3.05) is 26.4 Å². The summed E-state index contributed by atoms with van der Waals surface area (Å²) in [5.41, 5.74) is 7.11. The zero-order valence-electron chi connectivity index (χ0n) is 11.5. The summed E-state index contributed by atoms with van der Waals surface area (Å²) in [6.07, 6.45) is -0.239. The molecule has 3 N–H and O–H groups in total. The zero-order valence-corrected chi connectivity index (χ0v) is 12.3. The van der Waals surface area contributed by atoms with E-state index in [9.17, 15) is 8.42 Å². The average molecular weight is 300 g/mol. The summed E-state index contributed by atoms with van der Waals surface area (Å²) >= 11 is 0. The molecule has 1 fully saturated rings. The van der Waals surface area contributed by atoms with E-state index in [0.29, 0.717) is 31.9 Å². The second-order valence-electron chi connectivity index (χ2n) is 4.66. The number of nitrogens with one attached hydrogen (secondary N) is 1. The van der Waals surface area contributed by atoms with Crippen LogP contribution >= 0.6 is 0 Å². The third-order valence-electron chi connectivity index (χ3n) is 3.29. The Morgan fingerprint density at radius 3 is 2.85 bits per heavy atom. The lowest BCUT2D eigenvalue weighted by Crippen LogP contribution is -2.39. The number of rotatable bonds is 5. The van der Waals surface area contributed by atoms with Crippen LogP contribution in [0.5, 0.6) is 0 Å². The maximum Gasteiger partial charge on any atom is 0.240 e. The van der Waals surface area contributed by atoms with Crippen LogP contribution < -0.4 is 10.5 Å². The summed E-state index contributed by atoms with van der Waals surface area (Å²) in [5.74, 6) is 0. The molecular formula is C13H20N2O4S. The van der Waals surface area contributed by atoms with Crippen LogP contribution in [0.3, 0.4) is 0 Å². The van der Waals surface area contributed by atoms with E-state index in [1.165, 1.54) is 0 Å². The highest BCUT2D eigenvalue weighted by molar-refractivity contribution is 7.89. The summed E-state index contributed by atoms with van der Waals surface area (Å²) in [4.78, 5) is 0.261. The Balaban J connectivity index is 2.10. The van der Waals surface area contributed by atoms with Gasteiger partial charge in [0.25, 0.3) is 0 Å². The van der Waals surface area contributed by atoms with Gasteiger partial charge in [-0.2, -0.15) is 0 Å². The predicted octanol–water partition coefficient (Wildman–Crippen LogP) is 0.147. The van der Waals surface area contributed by atoms with Gasteiger partial charge in [0.15, 0.2) is 0 Å². The molecule has 2 rings (SSSR count). The van der Waals surface area contributed by atoms with Crippen LogP contribution in [-0.2, 0) is 26.0 Å².